The lowest BCUT2D eigenvalue weighted by Gasteiger charge is -2.27. The molecule has 1 aliphatic heterocycles. The minimum atomic E-state index is -0.796. The third-order valence-corrected chi connectivity index (χ3v) is 5.66. The van der Waals surface area contributed by atoms with Gasteiger partial charge in [-0.15, -0.1) is 0 Å². The normalized spacial score (nSPS) is 17.6. The van der Waals surface area contributed by atoms with Crippen molar-refractivity contribution in [1.82, 2.24) is 4.90 Å². The number of rotatable bonds is 4. The quantitative estimate of drug-likeness (QED) is 0.915. The first-order valence-corrected chi connectivity index (χ1v) is 9.45. The van der Waals surface area contributed by atoms with Crippen LogP contribution in [0.4, 0.5) is 5.69 Å². The Bertz CT molecular complexity index is 567. The maximum Gasteiger partial charge on any atom is 0.255 e. The Morgan fingerprint density at radius 2 is 1.91 bits per heavy atom. The molecule has 0 saturated carbocycles. The summed E-state index contributed by atoms with van der Waals surface area (Å²) < 4.78 is 11.4. The smallest absolute Gasteiger partial charge is 0.255 e. The zero-order valence-electron chi connectivity index (χ0n) is 13.3. The number of benzene rings is 1. The van der Waals surface area contributed by atoms with Crippen molar-refractivity contribution in [3.63, 3.8) is 0 Å². The second-order valence-corrected chi connectivity index (χ2v) is 8.12. The van der Waals surface area contributed by atoms with E-state index in [0.29, 0.717) is 47.1 Å². The average molecular weight is 343 g/mol. The SMILES string of the molecule is CC(C)C(C)Nc1ccc(Cl)c(C(=O)N2CCS(=O)CC2)c1. The monoisotopic (exact) mass is 342 g/mol. The molecule has 1 heterocycles. The van der Waals surface area contributed by atoms with E-state index >= 15 is 0 Å². The lowest BCUT2D eigenvalue weighted by molar-refractivity contribution is 0.0771. The van der Waals surface area contributed by atoms with Crippen LogP contribution in [0.3, 0.4) is 0 Å². The summed E-state index contributed by atoms with van der Waals surface area (Å²) in [5.74, 6) is 1.51. The van der Waals surface area contributed by atoms with Crippen molar-refractivity contribution in [3.8, 4) is 0 Å². The van der Waals surface area contributed by atoms with Gasteiger partial charge in [0.2, 0.25) is 0 Å². The van der Waals surface area contributed by atoms with Gasteiger partial charge in [0.05, 0.1) is 10.6 Å². The molecule has 1 aromatic rings. The highest BCUT2D eigenvalue weighted by Gasteiger charge is 2.23. The summed E-state index contributed by atoms with van der Waals surface area (Å²) >= 11 is 6.20. The van der Waals surface area contributed by atoms with Crippen molar-refractivity contribution in [2.45, 2.75) is 26.8 Å². The first kappa shape index (κ1) is 17.3. The van der Waals surface area contributed by atoms with Gasteiger partial charge in [0.15, 0.2) is 0 Å². The Morgan fingerprint density at radius 3 is 2.50 bits per heavy atom. The van der Waals surface area contributed by atoms with Crippen molar-refractivity contribution in [3.05, 3.63) is 28.8 Å². The number of halogens is 1. The molecule has 1 aromatic carbocycles. The molecule has 1 amide bonds. The lowest BCUT2D eigenvalue weighted by atomic mass is 10.1. The van der Waals surface area contributed by atoms with Gasteiger partial charge in [-0.25, -0.2) is 0 Å². The molecule has 0 spiro atoms. The summed E-state index contributed by atoms with van der Waals surface area (Å²) in [6.07, 6.45) is 0. The molecule has 0 radical (unpaired) electrons. The van der Waals surface area contributed by atoms with Crippen LogP contribution in [-0.4, -0.2) is 45.7 Å². The lowest BCUT2D eigenvalue weighted by Crippen LogP contribution is -2.41. The molecule has 1 N–H and O–H groups in total. The van der Waals surface area contributed by atoms with Gasteiger partial charge in [-0.1, -0.05) is 25.4 Å². The molecular formula is C16H23ClN2O2S. The van der Waals surface area contributed by atoms with E-state index in [9.17, 15) is 9.00 Å². The first-order valence-electron chi connectivity index (χ1n) is 7.59. The number of carbonyl (C=O) groups excluding carboxylic acids is 1. The van der Waals surface area contributed by atoms with E-state index in [-0.39, 0.29) is 5.91 Å². The Morgan fingerprint density at radius 1 is 1.27 bits per heavy atom. The van der Waals surface area contributed by atoms with Crippen LogP contribution in [-0.2, 0) is 10.8 Å². The second-order valence-electron chi connectivity index (χ2n) is 6.01. The van der Waals surface area contributed by atoms with Crippen molar-refractivity contribution in [2.24, 2.45) is 5.92 Å². The molecule has 1 unspecified atom stereocenters. The Balaban J connectivity index is 2.15. The van der Waals surface area contributed by atoms with Crippen molar-refractivity contribution in [1.29, 1.82) is 0 Å². The Labute approximate surface area is 139 Å². The maximum atomic E-state index is 12.6. The third kappa shape index (κ3) is 4.23. The average Bonchev–Trinajstić information content (AvgIpc) is 2.49. The van der Waals surface area contributed by atoms with E-state index in [2.05, 4.69) is 26.1 Å². The van der Waals surface area contributed by atoms with Crippen LogP contribution in [0.2, 0.25) is 5.02 Å². The van der Waals surface area contributed by atoms with Crippen LogP contribution in [0.5, 0.6) is 0 Å². The molecule has 2 rings (SSSR count). The van der Waals surface area contributed by atoms with Gasteiger partial charge in [-0.2, -0.15) is 0 Å². The zero-order chi connectivity index (χ0) is 16.3. The third-order valence-electron chi connectivity index (χ3n) is 4.06. The molecule has 1 atom stereocenters. The molecule has 6 heteroatoms. The number of anilines is 1. The van der Waals surface area contributed by atoms with Crippen LogP contribution in [0, 0.1) is 5.92 Å². The molecular weight excluding hydrogens is 320 g/mol. The second kappa shape index (κ2) is 7.47. The summed E-state index contributed by atoms with van der Waals surface area (Å²) in [7, 11) is -0.796. The number of hydrogen-bond donors (Lipinski definition) is 1. The van der Waals surface area contributed by atoms with E-state index < -0.39 is 10.8 Å². The molecule has 1 fully saturated rings. The topological polar surface area (TPSA) is 49.4 Å². The highest BCUT2D eigenvalue weighted by atomic mass is 35.5. The first-order chi connectivity index (χ1) is 10.4. The molecule has 1 aliphatic rings. The van der Waals surface area contributed by atoms with Gasteiger partial charge < -0.3 is 10.2 Å². The fourth-order valence-corrected chi connectivity index (χ4v) is 3.47. The van der Waals surface area contributed by atoms with E-state index in [1.165, 1.54) is 0 Å². The predicted molar refractivity (Wildman–Crippen MR) is 93.2 cm³/mol. The predicted octanol–water partition coefficient (Wildman–Crippen LogP) is 3.00. The van der Waals surface area contributed by atoms with E-state index in [4.69, 9.17) is 11.6 Å². The fourth-order valence-electron chi connectivity index (χ4n) is 2.22. The van der Waals surface area contributed by atoms with Gasteiger partial charge in [0, 0.05) is 47.1 Å². The molecule has 0 aromatic heterocycles. The van der Waals surface area contributed by atoms with Gasteiger partial charge in [0.25, 0.3) is 5.91 Å². The highest BCUT2D eigenvalue weighted by molar-refractivity contribution is 7.85. The van der Waals surface area contributed by atoms with Gasteiger partial charge in [0.1, 0.15) is 0 Å². The largest absolute Gasteiger partial charge is 0.382 e. The highest BCUT2D eigenvalue weighted by Crippen LogP contribution is 2.24. The number of hydrogen-bond acceptors (Lipinski definition) is 3. The van der Waals surface area contributed by atoms with E-state index in [0.717, 1.165) is 5.69 Å². The van der Waals surface area contributed by atoms with Crippen LogP contribution in [0.1, 0.15) is 31.1 Å². The summed E-state index contributed by atoms with van der Waals surface area (Å²) in [6.45, 7) is 7.46. The molecule has 0 aliphatic carbocycles. The Kier molecular flexibility index (Phi) is 5.87. The minimum Gasteiger partial charge on any atom is -0.382 e. The number of nitrogens with one attached hydrogen (secondary N) is 1. The molecule has 122 valence electrons. The molecule has 1 saturated heterocycles. The summed E-state index contributed by atoms with van der Waals surface area (Å²) in [6, 6.07) is 5.77. The van der Waals surface area contributed by atoms with Crippen molar-refractivity contribution >= 4 is 34.0 Å². The molecule has 22 heavy (non-hydrogen) atoms. The van der Waals surface area contributed by atoms with Crippen molar-refractivity contribution < 1.29 is 9.00 Å². The van der Waals surface area contributed by atoms with Crippen molar-refractivity contribution in [2.75, 3.05) is 29.9 Å². The fraction of sp³-hybridized carbons (Fsp3) is 0.562. The Hall–Kier alpha value is -1.07. The van der Waals surface area contributed by atoms with Crippen LogP contribution < -0.4 is 5.32 Å². The minimum absolute atomic E-state index is 0.0810. The number of nitrogens with zero attached hydrogens (tertiary/aromatic N) is 1. The van der Waals surface area contributed by atoms with Gasteiger partial charge in [-0.05, 0) is 31.0 Å². The van der Waals surface area contributed by atoms with E-state index in [1.807, 2.05) is 12.1 Å². The van der Waals surface area contributed by atoms with Gasteiger partial charge >= 0.3 is 0 Å². The van der Waals surface area contributed by atoms with E-state index in [1.54, 1.807) is 11.0 Å². The van der Waals surface area contributed by atoms with Crippen LogP contribution >= 0.6 is 11.6 Å². The summed E-state index contributed by atoms with van der Waals surface area (Å²) in [5, 5.41) is 3.85. The van der Waals surface area contributed by atoms with Crippen LogP contribution in [0.25, 0.3) is 0 Å². The van der Waals surface area contributed by atoms with Gasteiger partial charge in [-0.3, -0.25) is 9.00 Å². The molecule has 0 bridgehead atoms. The molecule has 4 nitrogen and oxygen atoms in total. The zero-order valence-corrected chi connectivity index (χ0v) is 14.8. The standard InChI is InChI=1S/C16H23ClN2O2S/c1-11(2)12(3)18-13-4-5-15(17)14(10-13)16(20)19-6-8-22(21)9-7-19/h4-5,10-12,18H,6-9H2,1-3H3. The maximum absolute atomic E-state index is 12.6. The summed E-state index contributed by atoms with van der Waals surface area (Å²) in [5.41, 5.74) is 1.41. The van der Waals surface area contributed by atoms with Crippen LogP contribution in [0.15, 0.2) is 18.2 Å². The summed E-state index contributed by atoms with van der Waals surface area (Å²) in [4.78, 5) is 14.3. The number of carbonyl (C=O) groups is 1. The number of amides is 1.